The quantitative estimate of drug-likeness (QED) is 0.561. The predicted molar refractivity (Wildman–Crippen MR) is 95.0 cm³/mol. The molecule has 1 atom stereocenters. The van der Waals surface area contributed by atoms with Gasteiger partial charge in [0.15, 0.2) is 6.10 Å². The minimum atomic E-state index is -1.08. The van der Waals surface area contributed by atoms with E-state index < -0.39 is 18.0 Å². The molecule has 1 aliphatic carbocycles. The topological polar surface area (TPSA) is 96.6 Å². The summed E-state index contributed by atoms with van der Waals surface area (Å²) in [5, 5.41) is 18.5. The Morgan fingerprint density at radius 3 is 2.77 bits per heavy atom. The molecule has 0 heterocycles. The van der Waals surface area contributed by atoms with Gasteiger partial charge in [-0.1, -0.05) is 11.6 Å². The third-order valence-corrected chi connectivity index (χ3v) is 4.26. The highest BCUT2D eigenvalue weighted by molar-refractivity contribution is 5.93. The molecule has 138 valence electrons. The molecule has 0 bridgehead atoms. The van der Waals surface area contributed by atoms with Crippen LogP contribution in [0.5, 0.6) is 5.75 Å². The molecule has 1 aromatic rings. The molecule has 26 heavy (non-hydrogen) atoms. The first-order valence-corrected chi connectivity index (χ1v) is 8.83. The van der Waals surface area contributed by atoms with Crippen LogP contribution < -0.4 is 4.74 Å². The molecule has 0 fully saturated rings. The molecule has 0 aromatic heterocycles. The van der Waals surface area contributed by atoms with Crippen LogP contribution in [0.3, 0.4) is 0 Å². The minimum Gasteiger partial charge on any atom is -0.479 e. The summed E-state index contributed by atoms with van der Waals surface area (Å²) < 4.78 is 10.6. The molecule has 1 aliphatic rings. The van der Waals surface area contributed by atoms with Crippen molar-refractivity contribution in [1.82, 2.24) is 0 Å². The van der Waals surface area contributed by atoms with Gasteiger partial charge in [-0.2, -0.15) is 5.26 Å². The van der Waals surface area contributed by atoms with Crippen molar-refractivity contribution in [3.05, 3.63) is 41.0 Å². The molecular weight excluding hydrogens is 334 g/mol. The number of esters is 1. The zero-order valence-corrected chi connectivity index (χ0v) is 14.9. The summed E-state index contributed by atoms with van der Waals surface area (Å²) in [6.45, 7) is 1.84. The van der Waals surface area contributed by atoms with E-state index in [9.17, 15) is 14.7 Å². The van der Waals surface area contributed by atoms with Crippen LogP contribution in [0.4, 0.5) is 0 Å². The minimum absolute atomic E-state index is 0.0639. The van der Waals surface area contributed by atoms with Gasteiger partial charge < -0.3 is 14.6 Å². The van der Waals surface area contributed by atoms with Crippen LogP contribution in [0.25, 0.3) is 0 Å². The summed E-state index contributed by atoms with van der Waals surface area (Å²) >= 11 is 0. The Kier molecular flexibility index (Phi) is 7.22. The highest BCUT2D eigenvalue weighted by atomic mass is 16.5. The molecule has 1 N–H and O–H groups in total. The molecule has 0 amide bonds. The number of carboxylic acid groups (broad SMARTS) is 1. The van der Waals surface area contributed by atoms with E-state index in [4.69, 9.17) is 14.7 Å². The van der Waals surface area contributed by atoms with E-state index >= 15 is 0 Å². The first-order valence-electron chi connectivity index (χ1n) is 8.83. The first-order chi connectivity index (χ1) is 12.5. The lowest BCUT2D eigenvalue weighted by atomic mass is 9.95. The Morgan fingerprint density at radius 1 is 1.35 bits per heavy atom. The number of carbonyl (C=O) groups is 2. The lowest BCUT2D eigenvalue weighted by Crippen LogP contribution is -2.28. The number of rotatable bonds is 8. The van der Waals surface area contributed by atoms with Gasteiger partial charge in [-0.25, -0.2) is 9.59 Å². The zero-order valence-electron chi connectivity index (χ0n) is 14.9. The van der Waals surface area contributed by atoms with Gasteiger partial charge in [0.05, 0.1) is 18.2 Å². The lowest BCUT2D eigenvalue weighted by molar-refractivity contribution is -0.145. The summed E-state index contributed by atoms with van der Waals surface area (Å²) in [5.41, 5.74) is 1.60. The third-order valence-electron chi connectivity index (χ3n) is 4.26. The van der Waals surface area contributed by atoms with Crippen LogP contribution in [-0.2, 0) is 9.53 Å². The summed E-state index contributed by atoms with van der Waals surface area (Å²) in [4.78, 5) is 23.7. The largest absolute Gasteiger partial charge is 0.479 e. The van der Waals surface area contributed by atoms with Gasteiger partial charge in [0.1, 0.15) is 11.3 Å². The highest BCUT2D eigenvalue weighted by Gasteiger charge is 2.24. The summed E-state index contributed by atoms with van der Waals surface area (Å²) in [7, 11) is 0. The second kappa shape index (κ2) is 9.62. The number of nitrogens with zero attached hydrogens (tertiary/aromatic N) is 1. The van der Waals surface area contributed by atoms with E-state index in [0.717, 1.165) is 19.3 Å². The Balaban J connectivity index is 2.16. The second-order valence-electron chi connectivity index (χ2n) is 6.13. The monoisotopic (exact) mass is 357 g/mol. The number of allylic oxidation sites excluding steroid dienone is 2. The molecule has 6 nitrogen and oxygen atoms in total. The summed E-state index contributed by atoms with van der Waals surface area (Å²) in [6, 6.07) is 6.24. The average Bonchev–Trinajstić information content (AvgIpc) is 2.66. The van der Waals surface area contributed by atoms with Crippen molar-refractivity contribution in [1.29, 1.82) is 5.26 Å². The third kappa shape index (κ3) is 5.35. The predicted octanol–water partition coefficient (Wildman–Crippen LogP) is 3.85. The van der Waals surface area contributed by atoms with Crippen LogP contribution in [0.15, 0.2) is 29.8 Å². The maximum Gasteiger partial charge on any atom is 0.344 e. The molecule has 0 spiro atoms. The number of aliphatic carboxylic acids is 1. The maximum atomic E-state index is 12.1. The SMILES string of the molecule is CCOC(=O)c1cc(C#N)ccc1OC(CCC1=CCCCC1)C(=O)O. The molecule has 0 radical (unpaired) electrons. The van der Waals surface area contributed by atoms with Crippen molar-refractivity contribution < 1.29 is 24.2 Å². The van der Waals surface area contributed by atoms with Crippen LogP contribution >= 0.6 is 0 Å². The van der Waals surface area contributed by atoms with E-state index in [-0.39, 0.29) is 23.5 Å². The normalized spacial score (nSPS) is 14.7. The number of benzene rings is 1. The number of hydrogen-bond acceptors (Lipinski definition) is 5. The molecule has 2 rings (SSSR count). The first kappa shape index (κ1) is 19.5. The number of hydrogen-bond donors (Lipinski definition) is 1. The highest BCUT2D eigenvalue weighted by Crippen LogP contribution is 2.26. The van der Waals surface area contributed by atoms with E-state index in [2.05, 4.69) is 6.08 Å². The van der Waals surface area contributed by atoms with Gasteiger partial charge in [0.2, 0.25) is 0 Å². The summed E-state index contributed by atoms with van der Waals surface area (Å²) in [5.74, 6) is -1.60. The van der Waals surface area contributed by atoms with E-state index in [1.54, 1.807) is 6.92 Å². The fourth-order valence-electron chi connectivity index (χ4n) is 2.90. The summed E-state index contributed by atoms with van der Waals surface area (Å²) in [6.07, 6.45) is 6.43. The van der Waals surface area contributed by atoms with Crippen LogP contribution in [0.2, 0.25) is 0 Å². The average molecular weight is 357 g/mol. The molecular formula is C20H23NO5. The molecule has 1 unspecified atom stereocenters. The fraction of sp³-hybridized carbons (Fsp3) is 0.450. The van der Waals surface area contributed by atoms with Crippen LogP contribution in [0.1, 0.15) is 61.4 Å². The number of nitriles is 1. The van der Waals surface area contributed by atoms with E-state index in [0.29, 0.717) is 12.8 Å². The number of carbonyl (C=O) groups excluding carboxylic acids is 1. The maximum absolute atomic E-state index is 12.1. The molecule has 1 aromatic carbocycles. The van der Waals surface area contributed by atoms with Gasteiger partial charge >= 0.3 is 11.9 Å². The second-order valence-corrected chi connectivity index (χ2v) is 6.13. The lowest BCUT2D eigenvalue weighted by Gasteiger charge is -2.19. The molecule has 0 saturated carbocycles. The van der Waals surface area contributed by atoms with E-state index in [1.807, 2.05) is 6.07 Å². The standard InChI is InChI=1S/C20H23NO5/c1-2-25-20(24)16-12-15(13-21)9-10-17(16)26-18(19(22)23)11-8-14-6-4-3-5-7-14/h6,9-10,12,18H,2-5,7-8,11H2,1H3,(H,22,23). The van der Waals surface area contributed by atoms with Crippen molar-refractivity contribution in [3.8, 4) is 11.8 Å². The van der Waals surface area contributed by atoms with Gasteiger partial charge in [-0.15, -0.1) is 0 Å². The van der Waals surface area contributed by atoms with E-state index in [1.165, 1.54) is 30.2 Å². The Bertz CT molecular complexity index is 732. The van der Waals surface area contributed by atoms with Gasteiger partial charge in [0.25, 0.3) is 0 Å². The Morgan fingerprint density at radius 2 is 2.15 bits per heavy atom. The number of carboxylic acids is 1. The smallest absolute Gasteiger partial charge is 0.344 e. The van der Waals surface area contributed by atoms with Crippen molar-refractivity contribution in [2.45, 2.75) is 51.6 Å². The van der Waals surface area contributed by atoms with Crippen molar-refractivity contribution in [3.63, 3.8) is 0 Å². The van der Waals surface area contributed by atoms with Crippen molar-refractivity contribution >= 4 is 11.9 Å². The Hall–Kier alpha value is -2.81. The van der Waals surface area contributed by atoms with Gasteiger partial charge in [0, 0.05) is 0 Å². The molecule has 6 heteroatoms. The fourth-order valence-corrected chi connectivity index (χ4v) is 2.90. The Labute approximate surface area is 153 Å². The molecule has 0 aliphatic heterocycles. The van der Waals surface area contributed by atoms with Crippen molar-refractivity contribution in [2.75, 3.05) is 6.61 Å². The number of ether oxygens (including phenoxy) is 2. The van der Waals surface area contributed by atoms with Crippen LogP contribution in [0, 0.1) is 11.3 Å². The zero-order chi connectivity index (χ0) is 18.9. The van der Waals surface area contributed by atoms with Crippen LogP contribution in [-0.4, -0.2) is 29.8 Å². The van der Waals surface area contributed by atoms with Crippen molar-refractivity contribution in [2.24, 2.45) is 0 Å². The van der Waals surface area contributed by atoms with Gasteiger partial charge in [-0.3, -0.25) is 0 Å². The molecule has 0 saturated heterocycles. The van der Waals surface area contributed by atoms with Gasteiger partial charge in [-0.05, 0) is 63.6 Å².